The molecule has 0 amide bonds. The van der Waals surface area contributed by atoms with Crippen molar-refractivity contribution < 1.29 is 4.42 Å². The summed E-state index contributed by atoms with van der Waals surface area (Å²) in [6, 6.07) is 12.7. The highest BCUT2D eigenvalue weighted by Crippen LogP contribution is 2.35. The molecule has 5 aromatic rings. The van der Waals surface area contributed by atoms with Crippen molar-refractivity contribution in [3.63, 3.8) is 0 Å². The molecule has 144 valence electrons. The summed E-state index contributed by atoms with van der Waals surface area (Å²) in [4.78, 5) is 8.26. The minimum atomic E-state index is 0.513. The molecule has 0 saturated carbocycles. The lowest BCUT2D eigenvalue weighted by molar-refractivity contribution is 0.453. The van der Waals surface area contributed by atoms with Crippen LogP contribution in [0.5, 0.6) is 0 Å². The van der Waals surface area contributed by atoms with Crippen LogP contribution >= 0.6 is 0 Å². The maximum absolute atomic E-state index is 5.29. The van der Waals surface area contributed by atoms with Crippen LogP contribution in [-0.4, -0.2) is 33.3 Å². The predicted octanol–water partition coefficient (Wildman–Crippen LogP) is 4.83. The molecular formula is C23H21N5O. The van der Waals surface area contributed by atoms with Crippen molar-refractivity contribution >= 4 is 21.8 Å². The summed E-state index contributed by atoms with van der Waals surface area (Å²) in [6.45, 7) is 2.11. The van der Waals surface area contributed by atoms with E-state index in [2.05, 4.69) is 50.8 Å². The normalized spacial score (nSPS) is 15.4. The van der Waals surface area contributed by atoms with Crippen molar-refractivity contribution in [2.75, 3.05) is 13.1 Å². The van der Waals surface area contributed by atoms with Gasteiger partial charge in [-0.25, -0.2) is 0 Å². The van der Waals surface area contributed by atoms with Crippen LogP contribution in [0.4, 0.5) is 0 Å². The molecule has 0 unspecified atom stereocenters. The third-order valence-electron chi connectivity index (χ3n) is 5.98. The van der Waals surface area contributed by atoms with Gasteiger partial charge in [-0.1, -0.05) is 12.1 Å². The van der Waals surface area contributed by atoms with Gasteiger partial charge in [-0.2, -0.15) is 5.10 Å². The molecule has 3 N–H and O–H groups in total. The van der Waals surface area contributed by atoms with Gasteiger partial charge in [0.15, 0.2) is 0 Å². The quantitative estimate of drug-likeness (QED) is 0.417. The van der Waals surface area contributed by atoms with Gasteiger partial charge >= 0.3 is 0 Å². The molecule has 0 aliphatic carbocycles. The number of nitrogens with one attached hydrogen (secondary N) is 3. The van der Waals surface area contributed by atoms with E-state index < -0.39 is 0 Å². The van der Waals surface area contributed by atoms with Gasteiger partial charge in [-0.15, -0.1) is 0 Å². The first-order valence-electron chi connectivity index (χ1n) is 10.1. The smallest absolute Gasteiger partial charge is 0.116 e. The fourth-order valence-corrected chi connectivity index (χ4v) is 4.43. The van der Waals surface area contributed by atoms with Crippen molar-refractivity contribution in [3.8, 4) is 22.5 Å². The Morgan fingerprint density at radius 3 is 2.79 bits per heavy atom. The molecule has 1 aliphatic rings. The topological polar surface area (TPSA) is 82.5 Å². The fourth-order valence-electron chi connectivity index (χ4n) is 4.43. The average Bonchev–Trinajstić information content (AvgIpc) is 3.52. The van der Waals surface area contributed by atoms with E-state index in [-0.39, 0.29) is 0 Å². The number of H-pyrrole nitrogens is 2. The van der Waals surface area contributed by atoms with Crippen molar-refractivity contribution in [2.45, 2.75) is 18.8 Å². The Kier molecular flexibility index (Phi) is 3.77. The number of furan rings is 1. The Morgan fingerprint density at radius 2 is 1.93 bits per heavy atom. The maximum atomic E-state index is 5.29. The standard InChI is InChI=1S/C23H21N5O/c1-2-16(15-6-9-29-13-15)17-10-21(26-19(17)3-1)23-18-11-20(14-4-7-24-8-5-14)25-12-22(18)27-28-23/h1-3,6,9-14,24,26H,4-5,7-8H2,(H,27,28). The number of rotatable bonds is 3. The van der Waals surface area contributed by atoms with Gasteiger partial charge in [0, 0.05) is 33.5 Å². The SMILES string of the molecule is c1cc(-c2ccoc2)c2cc(-c3n[nH]c4cnc(C5CCNCC5)cc34)[nH]c2c1. The average molecular weight is 383 g/mol. The van der Waals surface area contributed by atoms with Crippen LogP contribution < -0.4 is 5.32 Å². The zero-order valence-corrected chi connectivity index (χ0v) is 15.9. The molecule has 4 aromatic heterocycles. The Morgan fingerprint density at radius 1 is 1.00 bits per heavy atom. The van der Waals surface area contributed by atoms with E-state index >= 15 is 0 Å². The molecule has 5 heterocycles. The second-order valence-electron chi connectivity index (χ2n) is 7.71. The zero-order chi connectivity index (χ0) is 19.2. The third kappa shape index (κ3) is 2.76. The van der Waals surface area contributed by atoms with Crippen LogP contribution in [0.2, 0.25) is 0 Å². The largest absolute Gasteiger partial charge is 0.472 e. The molecule has 1 saturated heterocycles. The zero-order valence-electron chi connectivity index (χ0n) is 15.9. The first-order chi connectivity index (χ1) is 14.4. The van der Waals surface area contributed by atoms with E-state index in [1.54, 1.807) is 12.5 Å². The molecule has 0 atom stereocenters. The summed E-state index contributed by atoms with van der Waals surface area (Å²) in [7, 11) is 0. The summed E-state index contributed by atoms with van der Waals surface area (Å²) in [6.07, 6.45) is 7.67. The van der Waals surface area contributed by atoms with Gasteiger partial charge in [0.2, 0.25) is 0 Å². The molecule has 0 spiro atoms. The number of hydrogen-bond donors (Lipinski definition) is 3. The van der Waals surface area contributed by atoms with Gasteiger partial charge in [0.1, 0.15) is 5.69 Å². The first-order valence-corrected chi connectivity index (χ1v) is 10.1. The molecule has 0 bridgehead atoms. The summed E-state index contributed by atoms with van der Waals surface area (Å²) < 4.78 is 5.29. The van der Waals surface area contributed by atoms with E-state index in [9.17, 15) is 0 Å². The Bertz CT molecular complexity index is 1290. The van der Waals surface area contributed by atoms with Gasteiger partial charge in [-0.3, -0.25) is 10.1 Å². The highest BCUT2D eigenvalue weighted by molar-refractivity contribution is 6.00. The number of fused-ring (bicyclic) bond motifs is 2. The number of aromatic nitrogens is 4. The van der Waals surface area contributed by atoms with Crippen LogP contribution in [0.3, 0.4) is 0 Å². The van der Waals surface area contributed by atoms with Gasteiger partial charge in [0.25, 0.3) is 0 Å². The second kappa shape index (κ2) is 6.60. The van der Waals surface area contributed by atoms with Crippen molar-refractivity contribution in [3.05, 3.63) is 60.8 Å². The summed E-state index contributed by atoms with van der Waals surface area (Å²) in [5, 5.41) is 13.5. The minimum Gasteiger partial charge on any atom is -0.472 e. The number of aromatic amines is 2. The van der Waals surface area contributed by atoms with Gasteiger partial charge < -0.3 is 14.7 Å². The second-order valence-corrected chi connectivity index (χ2v) is 7.71. The lowest BCUT2D eigenvalue weighted by atomic mass is 9.93. The van der Waals surface area contributed by atoms with E-state index in [4.69, 9.17) is 9.40 Å². The van der Waals surface area contributed by atoms with E-state index in [0.717, 1.165) is 75.9 Å². The van der Waals surface area contributed by atoms with Crippen molar-refractivity contribution in [2.24, 2.45) is 0 Å². The van der Waals surface area contributed by atoms with Crippen LogP contribution in [0.1, 0.15) is 24.5 Å². The molecular weight excluding hydrogens is 362 g/mol. The van der Waals surface area contributed by atoms with Crippen LogP contribution in [-0.2, 0) is 0 Å². The van der Waals surface area contributed by atoms with Crippen LogP contribution in [0.25, 0.3) is 44.3 Å². The number of nitrogens with zero attached hydrogens (tertiary/aromatic N) is 2. The number of hydrogen-bond acceptors (Lipinski definition) is 4. The highest BCUT2D eigenvalue weighted by atomic mass is 16.3. The fraction of sp³-hybridized carbons (Fsp3) is 0.217. The molecule has 6 heteroatoms. The maximum Gasteiger partial charge on any atom is 0.116 e. The van der Waals surface area contributed by atoms with Crippen molar-refractivity contribution in [1.29, 1.82) is 0 Å². The van der Waals surface area contributed by atoms with E-state index in [0.29, 0.717) is 5.92 Å². The van der Waals surface area contributed by atoms with E-state index in [1.807, 2.05) is 12.3 Å². The monoisotopic (exact) mass is 383 g/mol. The molecule has 29 heavy (non-hydrogen) atoms. The Balaban J connectivity index is 1.48. The lowest BCUT2D eigenvalue weighted by Gasteiger charge is -2.22. The molecule has 1 aliphatic heterocycles. The van der Waals surface area contributed by atoms with Gasteiger partial charge in [-0.05, 0) is 55.8 Å². The van der Waals surface area contributed by atoms with E-state index in [1.165, 1.54) is 0 Å². The Hall–Kier alpha value is -3.38. The highest BCUT2D eigenvalue weighted by Gasteiger charge is 2.19. The van der Waals surface area contributed by atoms with Crippen LogP contribution in [0, 0.1) is 0 Å². The lowest BCUT2D eigenvalue weighted by Crippen LogP contribution is -2.27. The number of benzene rings is 1. The molecule has 1 fully saturated rings. The van der Waals surface area contributed by atoms with Gasteiger partial charge in [0.05, 0.1) is 29.9 Å². The molecule has 6 nitrogen and oxygen atoms in total. The van der Waals surface area contributed by atoms with Crippen LogP contribution in [0.15, 0.2) is 59.5 Å². The summed E-state index contributed by atoms with van der Waals surface area (Å²) >= 11 is 0. The Labute approximate surface area is 167 Å². The number of piperidine rings is 1. The first kappa shape index (κ1) is 16.6. The molecule has 6 rings (SSSR count). The molecule has 0 radical (unpaired) electrons. The number of pyridine rings is 1. The summed E-state index contributed by atoms with van der Waals surface area (Å²) in [5.41, 5.74) is 7.38. The molecule has 1 aromatic carbocycles. The predicted molar refractivity (Wildman–Crippen MR) is 114 cm³/mol. The summed E-state index contributed by atoms with van der Waals surface area (Å²) in [5.74, 6) is 0.513. The third-order valence-corrected chi connectivity index (χ3v) is 5.98. The minimum absolute atomic E-state index is 0.513. The van der Waals surface area contributed by atoms with Crippen molar-refractivity contribution in [1.82, 2.24) is 25.5 Å².